The molecular formula is C20H25NO5. The van der Waals surface area contributed by atoms with Crippen molar-refractivity contribution in [3.05, 3.63) is 52.2 Å². The summed E-state index contributed by atoms with van der Waals surface area (Å²) in [5.41, 5.74) is 1.86. The third-order valence-corrected chi connectivity index (χ3v) is 4.47. The molecule has 0 atom stereocenters. The first kappa shape index (κ1) is 19.9. The lowest BCUT2D eigenvalue weighted by Crippen LogP contribution is -2.25. The number of phenolic OH excluding ortho intramolecular Hbond substituents is 1. The second kappa shape index (κ2) is 9.31. The van der Waals surface area contributed by atoms with Gasteiger partial charge in [-0.05, 0) is 42.9 Å². The van der Waals surface area contributed by atoms with Crippen molar-refractivity contribution in [1.82, 2.24) is 5.32 Å². The van der Waals surface area contributed by atoms with Crippen molar-refractivity contribution in [2.75, 3.05) is 20.3 Å². The molecule has 6 heteroatoms. The van der Waals surface area contributed by atoms with Crippen LogP contribution in [-0.2, 0) is 12.8 Å². The molecular weight excluding hydrogens is 334 g/mol. The third-order valence-electron chi connectivity index (χ3n) is 4.47. The molecule has 0 aliphatic heterocycles. The van der Waals surface area contributed by atoms with Crippen molar-refractivity contribution in [2.45, 2.75) is 32.1 Å². The van der Waals surface area contributed by atoms with Gasteiger partial charge < -0.3 is 20.6 Å². The Hall–Kier alpha value is -2.44. The minimum atomic E-state index is -0.393. The van der Waals surface area contributed by atoms with Crippen LogP contribution in [0.15, 0.2) is 30.0 Å². The first-order valence-corrected chi connectivity index (χ1v) is 8.78. The van der Waals surface area contributed by atoms with Gasteiger partial charge in [-0.3, -0.25) is 9.59 Å². The number of unbranched alkanes of at least 4 members (excludes halogenated alkanes) is 2. The van der Waals surface area contributed by atoms with Gasteiger partial charge in [0.2, 0.25) is 5.78 Å². The summed E-state index contributed by atoms with van der Waals surface area (Å²) in [5.74, 6) is -0.851. The van der Waals surface area contributed by atoms with E-state index in [1.807, 2.05) is 0 Å². The summed E-state index contributed by atoms with van der Waals surface area (Å²) in [4.78, 5) is 25.0. The van der Waals surface area contributed by atoms with Crippen molar-refractivity contribution in [1.29, 1.82) is 0 Å². The number of hydrogen-bond acceptors (Lipinski definition) is 6. The quantitative estimate of drug-likeness (QED) is 0.395. The number of phenols is 1. The molecule has 0 radical (unpaired) electrons. The first-order valence-electron chi connectivity index (χ1n) is 8.78. The van der Waals surface area contributed by atoms with E-state index in [4.69, 9.17) is 10.2 Å². The number of hydrogen-bond donors (Lipinski definition) is 4. The van der Waals surface area contributed by atoms with Gasteiger partial charge in [-0.15, -0.1) is 0 Å². The Kier molecular flexibility index (Phi) is 7.12. The van der Waals surface area contributed by atoms with Gasteiger partial charge in [0, 0.05) is 25.3 Å². The van der Waals surface area contributed by atoms with E-state index in [-0.39, 0.29) is 41.6 Å². The zero-order valence-electron chi connectivity index (χ0n) is 14.9. The highest BCUT2D eigenvalue weighted by atomic mass is 16.3. The van der Waals surface area contributed by atoms with Crippen LogP contribution >= 0.6 is 0 Å². The molecule has 0 fully saturated rings. The highest BCUT2D eigenvalue weighted by Crippen LogP contribution is 2.35. The number of benzene rings is 1. The number of nitrogens with one attached hydrogen (secondary N) is 1. The fourth-order valence-corrected chi connectivity index (χ4v) is 3.13. The lowest BCUT2D eigenvalue weighted by Gasteiger charge is -2.20. The van der Waals surface area contributed by atoms with Gasteiger partial charge in [0.05, 0.1) is 17.9 Å². The van der Waals surface area contributed by atoms with Gasteiger partial charge in [-0.25, -0.2) is 0 Å². The van der Waals surface area contributed by atoms with Crippen molar-refractivity contribution in [2.24, 2.45) is 0 Å². The Bertz CT molecular complexity index is 749. The van der Waals surface area contributed by atoms with Crippen molar-refractivity contribution in [3.8, 4) is 5.75 Å². The highest BCUT2D eigenvalue weighted by Gasteiger charge is 2.30. The number of likely N-dealkylation sites (N-methyl/N-ethyl adjacent to an activating group) is 1. The zero-order chi connectivity index (χ0) is 19.1. The number of carbonyl (C=O) groups is 2. The van der Waals surface area contributed by atoms with Gasteiger partial charge in [-0.1, -0.05) is 18.6 Å². The van der Waals surface area contributed by atoms with Gasteiger partial charge in [0.15, 0.2) is 5.78 Å². The van der Waals surface area contributed by atoms with E-state index in [1.165, 1.54) is 6.08 Å². The third kappa shape index (κ3) is 4.20. The van der Waals surface area contributed by atoms with Crippen LogP contribution in [0.1, 0.15) is 51.1 Å². The minimum absolute atomic E-state index is 0.0565. The van der Waals surface area contributed by atoms with Gasteiger partial charge in [-0.2, -0.15) is 0 Å². The number of ketones is 2. The van der Waals surface area contributed by atoms with Crippen LogP contribution in [0.5, 0.6) is 5.75 Å². The second-order valence-corrected chi connectivity index (χ2v) is 6.18. The van der Waals surface area contributed by atoms with Gasteiger partial charge in [0.25, 0.3) is 0 Å². The molecule has 2 rings (SSSR count). The summed E-state index contributed by atoms with van der Waals surface area (Å²) in [6, 6.07) is 1.67. The molecule has 0 bridgehead atoms. The lowest BCUT2D eigenvalue weighted by molar-refractivity contribution is 0.0977. The number of aliphatic hydroxyl groups excluding tert-OH is 2. The molecule has 0 aromatic heterocycles. The molecule has 0 unspecified atom stereocenters. The Labute approximate surface area is 152 Å². The number of carbonyl (C=O) groups excluding carboxylic acids is 2. The zero-order valence-corrected chi connectivity index (χ0v) is 14.9. The molecule has 0 saturated carbocycles. The monoisotopic (exact) mass is 359 g/mol. The number of fused-ring (bicyclic) bond motifs is 1. The van der Waals surface area contributed by atoms with Crippen molar-refractivity contribution >= 4 is 11.6 Å². The van der Waals surface area contributed by atoms with E-state index in [0.29, 0.717) is 24.8 Å². The van der Waals surface area contributed by atoms with E-state index in [0.717, 1.165) is 18.4 Å². The second-order valence-electron chi connectivity index (χ2n) is 6.18. The standard InChI is InChI=1S/C20H25NO5/c1-21-16-12-17(24)18-15(19(16)25)11-13(7-4-6-10-23)14(20(18)26)8-3-2-5-9-22/h4,6,11-12,21-23,26H,2-3,5,7-10H2,1H3/b6-4+. The number of aliphatic hydroxyl groups is 2. The minimum Gasteiger partial charge on any atom is -0.507 e. The Balaban J connectivity index is 2.47. The molecule has 1 aromatic rings. The normalized spacial score (nSPS) is 13.9. The van der Waals surface area contributed by atoms with E-state index >= 15 is 0 Å². The molecule has 26 heavy (non-hydrogen) atoms. The predicted molar refractivity (Wildman–Crippen MR) is 98.5 cm³/mol. The van der Waals surface area contributed by atoms with Crippen molar-refractivity contribution < 1.29 is 24.9 Å². The number of Topliss-reactive ketones (excluding diaryl/α,β-unsaturated/α-hetero) is 1. The molecule has 0 heterocycles. The van der Waals surface area contributed by atoms with Crippen LogP contribution in [0, 0.1) is 0 Å². The van der Waals surface area contributed by atoms with E-state index in [2.05, 4.69) is 5.32 Å². The Morgan fingerprint density at radius 2 is 1.88 bits per heavy atom. The maximum atomic E-state index is 12.6. The van der Waals surface area contributed by atoms with Crippen molar-refractivity contribution in [3.63, 3.8) is 0 Å². The Morgan fingerprint density at radius 1 is 1.12 bits per heavy atom. The fourth-order valence-electron chi connectivity index (χ4n) is 3.13. The van der Waals surface area contributed by atoms with Gasteiger partial charge >= 0.3 is 0 Å². The van der Waals surface area contributed by atoms with Gasteiger partial charge in [0.1, 0.15) is 5.75 Å². The lowest BCUT2D eigenvalue weighted by atomic mass is 9.85. The number of rotatable bonds is 9. The molecule has 0 amide bonds. The first-order chi connectivity index (χ1) is 12.5. The smallest absolute Gasteiger partial charge is 0.209 e. The Morgan fingerprint density at radius 3 is 2.54 bits per heavy atom. The largest absolute Gasteiger partial charge is 0.507 e. The highest BCUT2D eigenvalue weighted by molar-refractivity contribution is 6.25. The summed E-state index contributed by atoms with van der Waals surface area (Å²) in [5, 5.41) is 31.3. The predicted octanol–water partition coefficient (Wildman–Crippen LogP) is 1.67. The maximum absolute atomic E-state index is 12.6. The van der Waals surface area contributed by atoms with Crippen LogP contribution in [-0.4, -0.2) is 47.1 Å². The molecule has 1 aliphatic rings. The van der Waals surface area contributed by atoms with E-state index < -0.39 is 5.78 Å². The molecule has 140 valence electrons. The van der Waals surface area contributed by atoms with Crippen LogP contribution in [0.25, 0.3) is 0 Å². The molecule has 6 nitrogen and oxygen atoms in total. The summed E-state index contributed by atoms with van der Waals surface area (Å²) < 4.78 is 0. The maximum Gasteiger partial charge on any atom is 0.209 e. The van der Waals surface area contributed by atoms with E-state index in [1.54, 1.807) is 25.3 Å². The summed E-state index contributed by atoms with van der Waals surface area (Å²) in [6.45, 7) is 0.0274. The number of allylic oxidation sites excluding steroid dienone is 3. The average Bonchev–Trinajstić information content (AvgIpc) is 2.63. The van der Waals surface area contributed by atoms with E-state index in [9.17, 15) is 14.7 Å². The molecule has 0 saturated heterocycles. The summed E-state index contributed by atoms with van der Waals surface area (Å²) >= 11 is 0. The number of aromatic hydroxyl groups is 1. The molecule has 0 spiro atoms. The summed E-state index contributed by atoms with van der Waals surface area (Å²) in [7, 11) is 1.57. The molecule has 4 N–H and O–H groups in total. The van der Waals surface area contributed by atoms with Crippen LogP contribution < -0.4 is 5.32 Å². The molecule has 1 aromatic carbocycles. The molecule has 1 aliphatic carbocycles. The van der Waals surface area contributed by atoms with Crippen LogP contribution in [0.3, 0.4) is 0 Å². The van der Waals surface area contributed by atoms with Crippen LogP contribution in [0.2, 0.25) is 0 Å². The van der Waals surface area contributed by atoms with Crippen LogP contribution in [0.4, 0.5) is 0 Å². The summed E-state index contributed by atoms with van der Waals surface area (Å²) in [6.07, 6.45) is 7.80. The topological polar surface area (TPSA) is 107 Å². The fraction of sp³-hybridized carbons (Fsp3) is 0.400. The SMILES string of the molecule is CNC1=CC(=O)c2c(cc(C/C=C/CO)c(CCCCCO)c2O)C1=O. The average molecular weight is 359 g/mol.